The van der Waals surface area contributed by atoms with Crippen LogP contribution >= 0.6 is 21.6 Å². The number of allylic oxidation sites excluding steroid dienone is 4. The molecule has 46 heavy (non-hydrogen) atoms. The summed E-state index contributed by atoms with van der Waals surface area (Å²) >= 11 is 0. The molecule has 0 aliphatic rings. The summed E-state index contributed by atoms with van der Waals surface area (Å²) in [7, 11) is 7.97. The van der Waals surface area contributed by atoms with Gasteiger partial charge in [-0.3, -0.25) is 4.99 Å². The molecular weight excluding hydrogens is 605 g/mol. The fraction of sp³-hybridized carbons (Fsp3) is 0.316. The zero-order valence-corrected chi connectivity index (χ0v) is 29.1. The summed E-state index contributed by atoms with van der Waals surface area (Å²) in [5.41, 5.74) is 18.2. The number of benzene rings is 2. The first kappa shape index (κ1) is 36.9. The summed E-state index contributed by atoms with van der Waals surface area (Å²) in [5.74, 6) is 2.04. The van der Waals surface area contributed by atoms with Crippen LogP contribution in [0.5, 0.6) is 0 Å². The second-order valence-corrected chi connectivity index (χ2v) is 13.6. The van der Waals surface area contributed by atoms with Crippen LogP contribution in [0.1, 0.15) is 29.5 Å². The predicted octanol–water partition coefficient (Wildman–Crippen LogP) is 6.99. The molecule has 0 saturated carbocycles. The summed E-state index contributed by atoms with van der Waals surface area (Å²) in [6.07, 6.45) is 20.5. The Labute approximate surface area is 285 Å². The minimum Gasteiger partial charge on any atom is -0.375 e. The van der Waals surface area contributed by atoms with E-state index >= 15 is 0 Å². The van der Waals surface area contributed by atoms with Crippen LogP contribution in [-0.2, 0) is 6.54 Å². The highest BCUT2D eigenvalue weighted by molar-refractivity contribution is 8.76. The summed E-state index contributed by atoms with van der Waals surface area (Å²) in [5, 5.41) is 0. The van der Waals surface area contributed by atoms with Gasteiger partial charge in [-0.15, -0.1) is 0 Å². The van der Waals surface area contributed by atoms with E-state index in [-0.39, 0.29) is 0 Å². The minimum absolute atomic E-state index is 0.712. The predicted molar refractivity (Wildman–Crippen MR) is 208 cm³/mol. The van der Waals surface area contributed by atoms with Crippen molar-refractivity contribution in [1.29, 1.82) is 0 Å². The maximum absolute atomic E-state index is 5.63. The van der Waals surface area contributed by atoms with Gasteiger partial charge in [0.1, 0.15) is 0 Å². The molecule has 2 aromatic carbocycles. The first-order valence-corrected chi connectivity index (χ1v) is 18.5. The zero-order valence-electron chi connectivity index (χ0n) is 27.5. The maximum atomic E-state index is 5.63. The van der Waals surface area contributed by atoms with Gasteiger partial charge in [-0.05, 0) is 78.5 Å². The van der Waals surface area contributed by atoms with Gasteiger partial charge in [0.2, 0.25) is 0 Å². The smallest absolute Gasteiger partial charge is 0.169 e. The van der Waals surface area contributed by atoms with E-state index in [0.717, 1.165) is 68.2 Å². The van der Waals surface area contributed by atoms with Crippen molar-refractivity contribution in [1.82, 2.24) is 0 Å². The van der Waals surface area contributed by atoms with Crippen LogP contribution in [0.25, 0.3) is 18.2 Å². The van der Waals surface area contributed by atoms with Crippen LogP contribution in [-0.4, -0.2) is 64.5 Å². The highest BCUT2D eigenvalue weighted by atomic mass is 33.1. The van der Waals surface area contributed by atoms with E-state index < -0.39 is 0 Å². The molecule has 0 bridgehead atoms. The Morgan fingerprint density at radius 3 is 1.83 bits per heavy atom. The number of hydrogen-bond donors (Lipinski definition) is 2. The van der Waals surface area contributed by atoms with E-state index in [4.69, 9.17) is 11.5 Å². The van der Waals surface area contributed by atoms with Crippen LogP contribution in [0.4, 0.5) is 11.4 Å². The van der Waals surface area contributed by atoms with Crippen molar-refractivity contribution in [2.75, 3.05) is 68.1 Å². The van der Waals surface area contributed by atoms with Crippen molar-refractivity contribution in [3.05, 3.63) is 120 Å². The second-order valence-electron chi connectivity index (χ2n) is 10.9. The van der Waals surface area contributed by atoms with Crippen LogP contribution < -0.4 is 25.8 Å². The van der Waals surface area contributed by atoms with Crippen LogP contribution in [0.15, 0.2) is 108 Å². The highest BCUT2D eigenvalue weighted by Gasteiger charge is 2.02. The molecule has 3 aromatic rings. The molecule has 0 atom stereocenters. The van der Waals surface area contributed by atoms with Gasteiger partial charge >= 0.3 is 0 Å². The van der Waals surface area contributed by atoms with E-state index in [0.29, 0.717) is 6.54 Å². The Morgan fingerprint density at radius 1 is 0.761 bits per heavy atom. The third kappa shape index (κ3) is 14.3. The second kappa shape index (κ2) is 22.0. The lowest BCUT2D eigenvalue weighted by Crippen LogP contribution is -2.33. The van der Waals surface area contributed by atoms with Crippen LogP contribution in [0, 0.1) is 0 Å². The summed E-state index contributed by atoms with van der Waals surface area (Å²) in [6.45, 7) is 9.08. The van der Waals surface area contributed by atoms with Gasteiger partial charge in [0.15, 0.2) is 18.9 Å². The summed E-state index contributed by atoms with van der Waals surface area (Å²) < 4.78 is 2.24. The number of pyridine rings is 1. The number of hydrogen-bond acceptors (Lipinski definition) is 7. The van der Waals surface area contributed by atoms with Gasteiger partial charge in [0.25, 0.3) is 0 Å². The van der Waals surface area contributed by atoms with E-state index in [9.17, 15) is 0 Å². The van der Waals surface area contributed by atoms with Crippen molar-refractivity contribution in [2.24, 2.45) is 16.5 Å². The highest BCUT2D eigenvalue weighted by Crippen LogP contribution is 2.20. The molecule has 0 aliphatic heterocycles. The number of aryl methyl sites for hydroxylation is 1. The normalized spacial score (nSPS) is 12.0. The lowest BCUT2D eigenvalue weighted by atomic mass is 10.1. The molecule has 0 radical (unpaired) electrons. The maximum Gasteiger partial charge on any atom is 0.169 e. The van der Waals surface area contributed by atoms with E-state index in [1.807, 2.05) is 40.0 Å². The summed E-state index contributed by atoms with van der Waals surface area (Å²) in [6, 6.07) is 21.5. The molecule has 8 heteroatoms. The van der Waals surface area contributed by atoms with E-state index in [1.165, 1.54) is 22.5 Å². The van der Waals surface area contributed by atoms with E-state index in [2.05, 4.69) is 137 Å². The van der Waals surface area contributed by atoms with Gasteiger partial charge in [-0.1, -0.05) is 82.8 Å². The average molecular weight is 656 g/mol. The van der Waals surface area contributed by atoms with Crippen molar-refractivity contribution >= 4 is 57.4 Å². The fourth-order valence-electron chi connectivity index (χ4n) is 4.46. The molecule has 3 rings (SSSR count). The van der Waals surface area contributed by atoms with Crippen molar-refractivity contribution in [3.8, 4) is 0 Å². The average Bonchev–Trinajstić information content (AvgIpc) is 3.10. The van der Waals surface area contributed by atoms with Crippen molar-refractivity contribution < 1.29 is 4.57 Å². The van der Waals surface area contributed by atoms with Crippen molar-refractivity contribution in [2.45, 2.75) is 19.4 Å². The topological polar surface area (TPSA) is 74.8 Å². The minimum atomic E-state index is 0.712. The lowest BCUT2D eigenvalue weighted by molar-refractivity contribution is -0.692. The molecule has 0 aliphatic carbocycles. The molecule has 0 saturated heterocycles. The number of aliphatic imine (C=N–C) groups is 1. The molecule has 1 heterocycles. The number of anilines is 2. The summed E-state index contributed by atoms with van der Waals surface area (Å²) in [4.78, 5) is 9.02. The van der Waals surface area contributed by atoms with Gasteiger partial charge in [0, 0.05) is 69.2 Å². The standard InChI is InChI=1S/C38H51N6S2/c1-4-33(7-8-34-11-15-37(16-12-34)42(2)26-5-22-39)19-24-41-25-31-45-46-32-30-44-28-20-36(21-29-44)10-9-35-13-17-38(18-14-35)43(3)27-6-23-40/h4,7-21,24,28-29H,1,5-6,22-23,25-27,30-32,39-40H2,2-3H3/q+1/b8-7+,33-19+,41-24?. The molecule has 0 spiro atoms. The third-order valence-corrected chi connectivity index (χ3v) is 9.71. The Morgan fingerprint density at radius 2 is 1.28 bits per heavy atom. The molecule has 244 valence electrons. The van der Waals surface area contributed by atoms with Crippen LogP contribution in [0.2, 0.25) is 0 Å². The quantitative estimate of drug-likeness (QED) is 0.0424. The zero-order chi connectivity index (χ0) is 32.8. The lowest BCUT2D eigenvalue weighted by Gasteiger charge is -2.18. The van der Waals surface area contributed by atoms with Gasteiger partial charge in [-0.2, -0.15) is 0 Å². The van der Waals surface area contributed by atoms with E-state index in [1.54, 1.807) is 0 Å². The Hall–Kier alpha value is -3.56. The third-order valence-electron chi connectivity index (χ3n) is 7.34. The Kier molecular flexibility index (Phi) is 17.7. The molecule has 0 amide bonds. The molecule has 1 aromatic heterocycles. The first-order chi connectivity index (χ1) is 22.5. The number of aromatic nitrogens is 1. The van der Waals surface area contributed by atoms with Gasteiger partial charge < -0.3 is 21.3 Å². The Balaban J connectivity index is 1.30. The first-order valence-electron chi connectivity index (χ1n) is 16.0. The van der Waals surface area contributed by atoms with Gasteiger partial charge in [0.05, 0.1) is 5.75 Å². The number of nitrogens with two attached hydrogens (primary N) is 2. The molecule has 0 unspecified atom stereocenters. The number of rotatable bonds is 21. The Bertz CT molecular complexity index is 1400. The molecule has 4 N–H and O–H groups in total. The van der Waals surface area contributed by atoms with Crippen LogP contribution in [0.3, 0.4) is 0 Å². The SMILES string of the molecule is C=CC(/C=C/c1ccc(N(C)CCCN)cc1)=C\C=NCCSSCC[n+]1ccc(/C=C/c2ccc(N(C)CCCN)cc2)cc1. The largest absolute Gasteiger partial charge is 0.375 e. The fourth-order valence-corrected chi connectivity index (χ4v) is 6.32. The molecule has 6 nitrogen and oxygen atoms in total. The number of nitrogens with zero attached hydrogens (tertiary/aromatic N) is 4. The molecular formula is C38H51N6S2+. The monoisotopic (exact) mass is 655 g/mol. The van der Waals surface area contributed by atoms with Gasteiger partial charge in [-0.25, -0.2) is 4.57 Å². The van der Waals surface area contributed by atoms with Crippen molar-refractivity contribution in [3.63, 3.8) is 0 Å². The molecule has 0 fully saturated rings.